The second kappa shape index (κ2) is 8.04. The fourth-order valence-electron chi connectivity index (χ4n) is 3.19. The normalized spacial score (nSPS) is 17.8. The van der Waals surface area contributed by atoms with Crippen LogP contribution < -0.4 is 5.32 Å². The monoisotopic (exact) mass is 325 g/mol. The van der Waals surface area contributed by atoms with Gasteiger partial charge in [-0.05, 0) is 42.6 Å². The predicted octanol–water partition coefficient (Wildman–Crippen LogP) is 1.97. The number of pyridine rings is 1. The minimum absolute atomic E-state index is 0.0957. The molecule has 0 radical (unpaired) electrons. The summed E-state index contributed by atoms with van der Waals surface area (Å²) in [5.41, 5.74) is 2.93. The SMILES string of the molecule is O=C(NCc1ccccc1CN1CCCC1CO)c1ccncc1. The molecule has 1 aromatic heterocycles. The number of hydrogen-bond acceptors (Lipinski definition) is 4. The van der Waals surface area contributed by atoms with E-state index in [1.54, 1.807) is 24.5 Å². The van der Waals surface area contributed by atoms with Gasteiger partial charge in [-0.3, -0.25) is 14.7 Å². The Morgan fingerprint density at radius 1 is 1.21 bits per heavy atom. The van der Waals surface area contributed by atoms with Crippen molar-refractivity contribution in [1.82, 2.24) is 15.2 Å². The molecule has 5 heteroatoms. The number of nitrogens with one attached hydrogen (secondary N) is 1. The van der Waals surface area contributed by atoms with E-state index in [1.807, 2.05) is 18.2 Å². The second-order valence-corrected chi connectivity index (χ2v) is 6.14. The van der Waals surface area contributed by atoms with E-state index in [2.05, 4.69) is 21.3 Å². The van der Waals surface area contributed by atoms with E-state index in [4.69, 9.17) is 0 Å². The lowest BCUT2D eigenvalue weighted by molar-refractivity contribution is 0.0950. The highest BCUT2D eigenvalue weighted by Crippen LogP contribution is 2.21. The van der Waals surface area contributed by atoms with Crippen LogP contribution in [0.4, 0.5) is 0 Å². The van der Waals surface area contributed by atoms with Crippen LogP contribution in [0.25, 0.3) is 0 Å². The topological polar surface area (TPSA) is 65.5 Å². The minimum atomic E-state index is -0.0957. The molecule has 3 rings (SSSR count). The van der Waals surface area contributed by atoms with Crippen LogP contribution in [0.1, 0.15) is 34.3 Å². The molecule has 0 saturated carbocycles. The Bertz CT molecular complexity index is 675. The summed E-state index contributed by atoms with van der Waals surface area (Å²) in [6.45, 7) is 2.53. The molecular formula is C19H23N3O2. The fraction of sp³-hybridized carbons (Fsp3) is 0.368. The van der Waals surface area contributed by atoms with Crippen molar-refractivity contribution in [1.29, 1.82) is 0 Å². The van der Waals surface area contributed by atoms with Gasteiger partial charge in [0.2, 0.25) is 0 Å². The molecule has 126 valence electrons. The van der Waals surface area contributed by atoms with Crippen molar-refractivity contribution in [3.05, 3.63) is 65.5 Å². The summed E-state index contributed by atoms with van der Waals surface area (Å²) in [6, 6.07) is 11.8. The molecule has 2 heterocycles. The number of hydrogen-bond donors (Lipinski definition) is 2. The first-order valence-corrected chi connectivity index (χ1v) is 8.38. The number of carbonyl (C=O) groups excluding carboxylic acids is 1. The van der Waals surface area contributed by atoms with E-state index < -0.39 is 0 Å². The van der Waals surface area contributed by atoms with Crippen LogP contribution in [-0.2, 0) is 13.1 Å². The molecule has 1 unspecified atom stereocenters. The first kappa shape index (κ1) is 16.6. The van der Waals surface area contributed by atoms with Crippen molar-refractivity contribution in [3.8, 4) is 0 Å². The second-order valence-electron chi connectivity index (χ2n) is 6.14. The van der Waals surface area contributed by atoms with Gasteiger partial charge in [0.15, 0.2) is 0 Å². The lowest BCUT2D eigenvalue weighted by Crippen LogP contribution is -2.32. The third kappa shape index (κ3) is 3.99. The van der Waals surface area contributed by atoms with Gasteiger partial charge in [-0.2, -0.15) is 0 Å². The molecule has 1 atom stereocenters. The van der Waals surface area contributed by atoms with Gasteiger partial charge >= 0.3 is 0 Å². The van der Waals surface area contributed by atoms with Gasteiger partial charge in [0, 0.05) is 37.1 Å². The van der Waals surface area contributed by atoms with E-state index in [0.29, 0.717) is 12.1 Å². The fourth-order valence-corrected chi connectivity index (χ4v) is 3.19. The Balaban J connectivity index is 1.65. The zero-order chi connectivity index (χ0) is 16.8. The van der Waals surface area contributed by atoms with Crippen LogP contribution >= 0.6 is 0 Å². The summed E-state index contributed by atoms with van der Waals surface area (Å²) in [5, 5.41) is 12.5. The molecule has 1 amide bonds. The van der Waals surface area contributed by atoms with Crippen LogP contribution in [0.5, 0.6) is 0 Å². The molecule has 1 saturated heterocycles. The minimum Gasteiger partial charge on any atom is -0.395 e. The van der Waals surface area contributed by atoms with E-state index in [1.165, 1.54) is 5.56 Å². The summed E-state index contributed by atoms with van der Waals surface area (Å²) in [5.74, 6) is -0.0957. The number of aliphatic hydroxyl groups is 1. The van der Waals surface area contributed by atoms with Crippen LogP contribution in [0.2, 0.25) is 0 Å². The van der Waals surface area contributed by atoms with Crippen molar-refractivity contribution in [3.63, 3.8) is 0 Å². The lowest BCUT2D eigenvalue weighted by atomic mass is 10.1. The van der Waals surface area contributed by atoms with Gasteiger partial charge in [0.05, 0.1) is 6.61 Å². The van der Waals surface area contributed by atoms with E-state index in [9.17, 15) is 9.90 Å². The third-order valence-corrected chi connectivity index (χ3v) is 4.58. The highest BCUT2D eigenvalue weighted by molar-refractivity contribution is 5.93. The molecule has 24 heavy (non-hydrogen) atoms. The quantitative estimate of drug-likeness (QED) is 0.852. The molecule has 5 nitrogen and oxygen atoms in total. The molecular weight excluding hydrogens is 302 g/mol. The van der Waals surface area contributed by atoms with Gasteiger partial charge in [-0.25, -0.2) is 0 Å². The maximum atomic E-state index is 12.2. The molecule has 0 aliphatic carbocycles. The standard InChI is InChI=1S/C19H23N3O2/c23-14-18-6-3-11-22(18)13-17-5-2-1-4-16(17)12-21-19(24)15-7-9-20-10-8-15/h1-2,4-5,7-10,18,23H,3,6,11-14H2,(H,21,24). The first-order valence-electron chi connectivity index (χ1n) is 8.38. The molecule has 0 spiro atoms. The average molecular weight is 325 g/mol. The molecule has 1 aliphatic rings. The largest absolute Gasteiger partial charge is 0.395 e. The highest BCUT2D eigenvalue weighted by Gasteiger charge is 2.24. The zero-order valence-electron chi connectivity index (χ0n) is 13.7. The maximum Gasteiger partial charge on any atom is 0.251 e. The molecule has 1 fully saturated rings. The van der Waals surface area contributed by atoms with Gasteiger partial charge in [0.1, 0.15) is 0 Å². The lowest BCUT2D eigenvalue weighted by Gasteiger charge is -2.24. The summed E-state index contributed by atoms with van der Waals surface area (Å²) in [4.78, 5) is 18.4. The maximum absolute atomic E-state index is 12.2. The van der Waals surface area contributed by atoms with Crippen LogP contribution in [-0.4, -0.2) is 40.1 Å². The van der Waals surface area contributed by atoms with Gasteiger partial charge < -0.3 is 10.4 Å². The van der Waals surface area contributed by atoms with Gasteiger partial charge in [0.25, 0.3) is 5.91 Å². The van der Waals surface area contributed by atoms with Crippen LogP contribution in [0.15, 0.2) is 48.8 Å². The Kier molecular flexibility index (Phi) is 5.56. The summed E-state index contributed by atoms with van der Waals surface area (Å²) in [7, 11) is 0. The number of amides is 1. The first-order chi connectivity index (χ1) is 11.8. The van der Waals surface area contributed by atoms with Crippen molar-refractivity contribution >= 4 is 5.91 Å². The zero-order valence-corrected chi connectivity index (χ0v) is 13.7. The highest BCUT2D eigenvalue weighted by atomic mass is 16.3. The Labute approximate surface area is 142 Å². The Morgan fingerprint density at radius 2 is 1.96 bits per heavy atom. The van der Waals surface area contributed by atoms with E-state index >= 15 is 0 Å². The van der Waals surface area contributed by atoms with Crippen molar-refractivity contribution < 1.29 is 9.90 Å². The predicted molar refractivity (Wildman–Crippen MR) is 92.4 cm³/mol. The number of likely N-dealkylation sites (tertiary alicyclic amines) is 1. The molecule has 2 aromatic rings. The summed E-state index contributed by atoms with van der Waals surface area (Å²) < 4.78 is 0. The number of aromatic nitrogens is 1. The summed E-state index contributed by atoms with van der Waals surface area (Å²) in [6.07, 6.45) is 5.42. The third-order valence-electron chi connectivity index (χ3n) is 4.58. The Morgan fingerprint density at radius 3 is 2.71 bits per heavy atom. The van der Waals surface area contributed by atoms with E-state index in [0.717, 1.165) is 31.5 Å². The Hall–Kier alpha value is -2.24. The van der Waals surface area contributed by atoms with Crippen LogP contribution in [0, 0.1) is 0 Å². The van der Waals surface area contributed by atoms with Gasteiger partial charge in [-0.15, -0.1) is 0 Å². The smallest absolute Gasteiger partial charge is 0.251 e. The van der Waals surface area contributed by atoms with Crippen LogP contribution in [0.3, 0.4) is 0 Å². The number of nitrogens with zero attached hydrogens (tertiary/aromatic N) is 2. The van der Waals surface area contributed by atoms with E-state index in [-0.39, 0.29) is 18.6 Å². The average Bonchev–Trinajstić information content (AvgIpc) is 3.08. The molecule has 2 N–H and O–H groups in total. The molecule has 1 aromatic carbocycles. The van der Waals surface area contributed by atoms with Crippen molar-refractivity contribution in [2.24, 2.45) is 0 Å². The molecule has 1 aliphatic heterocycles. The molecule has 0 bridgehead atoms. The number of rotatable bonds is 6. The number of carbonyl (C=O) groups is 1. The number of benzene rings is 1. The number of aliphatic hydroxyl groups excluding tert-OH is 1. The summed E-state index contributed by atoms with van der Waals surface area (Å²) >= 11 is 0. The van der Waals surface area contributed by atoms with Crippen molar-refractivity contribution in [2.45, 2.75) is 32.0 Å². The van der Waals surface area contributed by atoms with Gasteiger partial charge in [-0.1, -0.05) is 24.3 Å². The van der Waals surface area contributed by atoms with Crippen molar-refractivity contribution in [2.75, 3.05) is 13.2 Å².